The second-order valence-electron chi connectivity index (χ2n) is 4.55. The zero-order valence-corrected chi connectivity index (χ0v) is 11.7. The molecule has 2 rings (SSSR count). The van der Waals surface area contributed by atoms with E-state index in [0.29, 0.717) is 11.5 Å². The van der Waals surface area contributed by atoms with Crippen LogP contribution in [0.15, 0.2) is 36.7 Å². The van der Waals surface area contributed by atoms with E-state index in [1.807, 2.05) is 44.1 Å². The van der Waals surface area contributed by atoms with E-state index in [1.54, 1.807) is 18.5 Å². The standard InChI is InChI=1S/C14H17N5O/c1-10-5-4-8-15-13(10)18-14(20)17-11-6-7-12(16-9-11)19(2)3/h4-9H,1-3H3,(H2,15,17,18,20). The molecule has 6 nitrogen and oxygen atoms in total. The summed E-state index contributed by atoms with van der Waals surface area (Å²) < 4.78 is 0. The Kier molecular flexibility index (Phi) is 4.14. The van der Waals surface area contributed by atoms with Crippen LogP contribution in [0.4, 0.5) is 22.1 Å². The van der Waals surface area contributed by atoms with E-state index >= 15 is 0 Å². The van der Waals surface area contributed by atoms with Crippen molar-refractivity contribution in [3.8, 4) is 0 Å². The van der Waals surface area contributed by atoms with Gasteiger partial charge in [-0.25, -0.2) is 14.8 Å². The molecule has 2 aromatic rings. The molecule has 0 aliphatic carbocycles. The van der Waals surface area contributed by atoms with Crippen molar-refractivity contribution in [3.05, 3.63) is 42.2 Å². The minimum absolute atomic E-state index is 0.341. The Morgan fingerprint density at radius 1 is 1.15 bits per heavy atom. The van der Waals surface area contributed by atoms with Crippen LogP contribution in [0.2, 0.25) is 0 Å². The summed E-state index contributed by atoms with van der Waals surface area (Å²) in [7, 11) is 3.82. The molecule has 0 saturated carbocycles. The zero-order valence-electron chi connectivity index (χ0n) is 11.7. The minimum atomic E-state index is -0.341. The number of pyridine rings is 2. The van der Waals surface area contributed by atoms with E-state index in [0.717, 1.165) is 11.4 Å². The lowest BCUT2D eigenvalue weighted by molar-refractivity contribution is 0.262. The first-order chi connectivity index (χ1) is 9.56. The Balaban J connectivity index is 1.99. The number of rotatable bonds is 3. The van der Waals surface area contributed by atoms with Crippen molar-refractivity contribution in [2.45, 2.75) is 6.92 Å². The smallest absolute Gasteiger partial charge is 0.324 e. The van der Waals surface area contributed by atoms with Crippen molar-refractivity contribution in [1.82, 2.24) is 9.97 Å². The fraction of sp³-hybridized carbons (Fsp3) is 0.214. The number of hydrogen-bond acceptors (Lipinski definition) is 4. The molecule has 0 bridgehead atoms. The Morgan fingerprint density at radius 2 is 1.95 bits per heavy atom. The lowest BCUT2D eigenvalue weighted by atomic mass is 10.3. The van der Waals surface area contributed by atoms with Crippen LogP contribution in [-0.2, 0) is 0 Å². The van der Waals surface area contributed by atoms with Crippen molar-refractivity contribution in [2.75, 3.05) is 29.6 Å². The van der Waals surface area contributed by atoms with Gasteiger partial charge in [0.05, 0.1) is 11.9 Å². The maximum Gasteiger partial charge on any atom is 0.324 e. The molecule has 104 valence electrons. The molecule has 0 aliphatic rings. The molecule has 0 spiro atoms. The van der Waals surface area contributed by atoms with E-state index in [4.69, 9.17) is 0 Å². The molecule has 2 N–H and O–H groups in total. The molecule has 2 aromatic heterocycles. The Morgan fingerprint density at radius 3 is 2.55 bits per heavy atom. The highest BCUT2D eigenvalue weighted by atomic mass is 16.2. The summed E-state index contributed by atoms with van der Waals surface area (Å²) in [6.07, 6.45) is 3.25. The number of amides is 2. The predicted molar refractivity (Wildman–Crippen MR) is 80.2 cm³/mol. The van der Waals surface area contributed by atoms with E-state index in [1.165, 1.54) is 0 Å². The Hall–Kier alpha value is -2.63. The van der Waals surface area contributed by atoms with Crippen molar-refractivity contribution >= 4 is 23.4 Å². The molecule has 0 aromatic carbocycles. The second-order valence-corrected chi connectivity index (χ2v) is 4.55. The second kappa shape index (κ2) is 6.01. The van der Waals surface area contributed by atoms with Gasteiger partial charge in [0.1, 0.15) is 11.6 Å². The number of carbonyl (C=O) groups is 1. The van der Waals surface area contributed by atoms with Crippen LogP contribution in [0.1, 0.15) is 5.56 Å². The van der Waals surface area contributed by atoms with Gasteiger partial charge in [-0.2, -0.15) is 0 Å². The fourth-order valence-corrected chi connectivity index (χ4v) is 1.61. The molecule has 0 fully saturated rings. The average molecular weight is 271 g/mol. The highest BCUT2D eigenvalue weighted by Crippen LogP contribution is 2.13. The number of aromatic nitrogens is 2. The summed E-state index contributed by atoms with van der Waals surface area (Å²) in [6, 6.07) is 7.00. The third kappa shape index (κ3) is 3.44. The minimum Gasteiger partial charge on any atom is -0.363 e. The van der Waals surface area contributed by atoms with Gasteiger partial charge in [0.15, 0.2) is 0 Å². The van der Waals surface area contributed by atoms with Crippen molar-refractivity contribution in [3.63, 3.8) is 0 Å². The third-order valence-corrected chi connectivity index (χ3v) is 2.71. The number of carbonyl (C=O) groups excluding carboxylic acids is 1. The maximum absolute atomic E-state index is 11.9. The van der Waals surface area contributed by atoms with Crippen LogP contribution >= 0.6 is 0 Å². The van der Waals surface area contributed by atoms with Gasteiger partial charge in [0.25, 0.3) is 0 Å². The number of hydrogen-bond donors (Lipinski definition) is 2. The van der Waals surface area contributed by atoms with Crippen LogP contribution in [0, 0.1) is 6.92 Å². The molecule has 0 unspecified atom stereocenters. The van der Waals surface area contributed by atoms with Gasteiger partial charge < -0.3 is 10.2 Å². The van der Waals surface area contributed by atoms with Gasteiger partial charge in [-0.1, -0.05) is 6.07 Å². The predicted octanol–water partition coefficient (Wildman–Crippen LogP) is 2.50. The molecule has 2 heterocycles. The van der Waals surface area contributed by atoms with E-state index in [2.05, 4.69) is 20.6 Å². The average Bonchev–Trinajstić information content (AvgIpc) is 2.42. The van der Waals surface area contributed by atoms with Crippen LogP contribution < -0.4 is 15.5 Å². The Bertz CT molecular complexity index is 595. The van der Waals surface area contributed by atoms with Crippen molar-refractivity contribution in [2.24, 2.45) is 0 Å². The molecule has 20 heavy (non-hydrogen) atoms. The highest BCUT2D eigenvalue weighted by Gasteiger charge is 2.06. The van der Waals surface area contributed by atoms with Gasteiger partial charge in [-0.05, 0) is 30.7 Å². The number of urea groups is 1. The molecular formula is C14H17N5O. The SMILES string of the molecule is Cc1cccnc1NC(=O)Nc1ccc(N(C)C)nc1. The van der Waals surface area contributed by atoms with Gasteiger partial charge in [0, 0.05) is 20.3 Å². The fourth-order valence-electron chi connectivity index (χ4n) is 1.61. The maximum atomic E-state index is 11.9. The summed E-state index contributed by atoms with van der Waals surface area (Å²) in [5.74, 6) is 1.37. The quantitative estimate of drug-likeness (QED) is 0.899. The number of nitrogens with one attached hydrogen (secondary N) is 2. The molecular weight excluding hydrogens is 254 g/mol. The van der Waals surface area contributed by atoms with Crippen LogP contribution in [0.25, 0.3) is 0 Å². The lowest BCUT2D eigenvalue weighted by Crippen LogP contribution is -2.21. The molecule has 0 atom stereocenters. The number of anilines is 3. The van der Waals surface area contributed by atoms with Gasteiger partial charge in [0.2, 0.25) is 0 Å². The van der Waals surface area contributed by atoms with Crippen LogP contribution in [0.3, 0.4) is 0 Å². The lowest BCUT2D eigenvalue weighted by Gasteiger charge is -2.12. The van der Waals surface area contributed by atoms with E-state index in [9.17, 15) is 4.79 Å². The normalized spacial score (nSPS) is 9.95. The topological polar surface area (TPSA) is 70.2 Å². The van der Waals surface area contributed by atoms with Gasteiger partial charge in [-0.15, -0.1) is 0 Å². The Labute approximate surface area is 117 Å². The molecule has 0 radical (unpaired) electrons. The van der Waals surface area contributed by atoms with E-state index < -0.39 is 0 Å². The van der Waals surface area contributed by atoms with Crippen LogP contribution in [-0.4, -0.2) is 30.1 Å². The summed E-state index contributed by atoms with van der Waals surface area (Å²) in [5.41, 5.74) is 1.53. The third-order valence-electron chi connectivity index (χ3n) is 2.71. The van der Waals surface area contributed by atoms with Crippen molar-refractivity contribution < 1.29 is 4.79 Å². The highest BCUT2D eigenvalue weighted by molar-refractivity contribution is 5.99. The van der Waals surface area contributed by atoms with Crippen molar-refractivity contribution in [1.29, 1.82) is 0 Å². The summed E-state index contributed by atoms with van der Waals surface area (Å²) in [4.78, 5) is 22.1. The largest absolute Gasteiger partial charge is 0.363 e. The zero-order chi connectivity index (χ0) is 14.5. The molecule has 2 amide bonds. The van der Waals surface area contributed by atoms with E-state index in [-0.39, 0.29) is 6.03 Å². The number of aryl methyl sites for hydroxylation is 1. The van der Waals surface area contributed by atoms with Crippen LogP contribution in [0.5, 0.6) is 0 Å². The number of nitrogens with zero attached hydrogens (tertiary/aromatic N) is 3. The summed E-state index contributed by atoms with van der Waals surface area (Å²) >= 11 is 0. The first kappa shape index (κ1) is 13.8. The first-order valence-corrected chi connectivity index (χ1v) is 6.19. The first-order valence-electron chi connectivity index (χ1n) is 6.19. The monoisotopic (exact) mass is 271 g/mol. The molecule has 6 heteroatoms. The summed E-state index contributed by atoms with van der Waals surface area (Å²) in [6.45, 7) is 1.88. The molecule has 0 saturated heterocycles. The van der Waals surface area contributed by atoms with Gasteiger partial charge in [-0.3, -0.25) is 5.32 Å². The summed E-state index contributed by atoms with van der Waals surface area (Å²) in [5, 5.41) is 5.41. The van der Waals surface area contributed by atoms with Gasteiger partial charge >= 0.3 is 6.03 Å². The molecule has 0 aliphatic heterocycles.